The number of fused-ring (bicyclic) bond motifs is 1. The standard InChI is InChI=1S/C17H19N3O2S2/c1-3-20-16-10-9-14(24(18,21)22)11-15(16)19-17(20)23-12(2)13-7-5-4-6-8-13/h4-12H,3H2,1-2H3,(H2,18,21,22)/t12-/m1/s1. The van der Waals surface area contributed by atoms with Gasteiger partial charge >= 0.3 is 0 Å². The van der Waals surface area contributed by atoms with E-state index in [4.69, 9.17) is 5.14 Å². The fraction of sp³-hybridized carbons (Fsp3) is 0.235. The molecule has 5 nitrogen and oxygen atoms in total. The summed E-state index contributed by atoms with van der Waals surface area (Å²) in [7, 11) is -3.73. The van der Waals surface area contributed by atoms with Gasteiger partial charge in [0.25, 0.3) is 0 Å². The van der Waals surface area contributed by atoms with Crippen LogP contribution in [-0.2, 0) is 16.6 Å². The van der Waals surface area contributed by atoms with Gasteiger partial charge < -0.3 is 4.57 Å². The topological polar surface area (TPSA) is 78.0 Å². The second kappa shape index (κ2) is 6.58. The van der Waals surface area contributed by atoms with Gasteiger partial charge in [0.2, 0.25) is 10.0 Å². The molecule has 126 valence electrons. The predicted octanol–water partition coefficient (Wildman–Crippen LogP) is 3.56. The number of aromatic nitrogens is 2. The molecule has 3 aromatic rings. The first-order valence-corrected chi connectivity index (χ1v) is 10.1. The Morgan fingerprint density at radius 2 is 1.92 bits per heavy atom. The van der Waals surface area contributed by atoms with Crippen molar-refractivity contribution in [2.45, 2.75) is 35.7 Å². The number of benzene rings is 2. The number of imidazole rings is 1. The highest BCUT2D eigenvalue weighted by Crippen LogP contribution is 2.36. The number of aryl methyl sites for hydroxylation is 1. The van der Waals surface area contributed by atoms with Crippen molar-refractivity contribution >= 4 is 32.8 Å². The largest absolute Gasteiger partial charge is 0.319 e. The quantitative estimate of drug-likeness (QED) is 0.705. The van der Waals surface area contributed by atoms with Crippen molar-refractivity contribution in [1.82, 2.24) is 9.55 Å². The summed E-state index contributed by atoms with van der Waals surface area (Å²) in [5, 5.41) is 6.33. The minimum absolute atomic E-state index is 0.0865. The first-order chi connectivity index (χ1) is 11.4. The van der Waals surface area contributed by atoms with Gasteiger partial charge in [0.05, 0.1) is 15.9 Å². The lowest BCUT2D eigenvalue weighted by molar-refractivity contribution is 0.598. The molecule has 1 aromatic heterocycles. The van der Waals surface area contributed by atoms with E-state index >= 15 is 0 Å². The third-order valence-electron chi connectivity index (χ3n) is 3.88. The maximum atomic E-state index is 11.5. The molecule has 0 fully saturated rings. The van der Waals surface area contributed by atoms with Crippen LogP contribution in [-0.4, -0.2) is 18.0 Å². The van der Waals surface area contributed by atoms with Gasteiger partial charge in [0.15, 0.2) is 5.16 Å². The molecule has 1 atom stereocenters. The van der Waals surface area contributed by atoms with Crippen LogP contribution in [0.1, 0.15) is 24.7 Å². The van der Waals surface area contributed by atoms with E-state index in [-0.39, 0.29) is 10.1 Å². The average Bonchev–Trinajstić information content (AvgIpc) is 2.90. The molecule has 2 N–H and O–H groups in total. The van der Waals surface area contributed by atoms with Gasteiger partial charge in [-0.3, -0.25) is 0 Å². The summed E-state index contributed by atoms with van der Waals surface area (Å²) in [6, 6.07) is 15.1. The van der Waals surface area contributed by atoms with Crippen molar-refractivity contribution in [3.63, 3.8) is 0 Å². The molecule has 0 aliphatic carbocycles. The van der Waals surface area contributed by atoms with Gasteiger partial charge in [0.1, 0.15) is 0 Å². The molecule has 0 bridgehead atoms. The lowest BCUT2D eigenvalue weighted by Gasteiger charge is -2.12. The van der Waals surface area contributed by atoms with Gasteiger partial charge in [0, 0.05) is 11.8 Å². The Hall–Kier alpha value is -1.83. The monoisotopic (exact) mass is 361 g/mol. The summed E-state index contributed by atoms with van der Waals surface area (Å²) in [5.74, 6) is 0. The van der Waals surface area contributed by atoms with Crippen LogP contribution in [0.25, 0.3) is 11.0 Å². The molecule has 0 aliphatic rings. The van der Waals surface area contributed by atoms with Gasteiger partial charge in [-0.05, 0) is 37.6 Å². The van der Waals surface area contributed by atoms with Crippen LogP contribution in [0.3, 0.4) is 0 Å². The summed E-state index contributed by atoms with van der Waals surface area (Å²) in [4.78, 5) is 4.72. The maximum Gasteiger partial charge on any atom is 0.238 e. The molecule has 0 spiro atoms. The van der Waals surface area contributed by atoms with Crippen LogP contribution < -0.4 is 5.14 Å². The zero-order valence-corrected chi connectivity index (χ0v) is 15.1. The number of hydrogen-bond donors (Lipinski definition) is 1. The highest BCUT2D eigenvalue weighted by Gasteiger charge is 2.17. The maximum absolute atomic E-state index is 11.5. The lowest BCUT2D eigenvalue weighted by atomic mass is 10.2. The van der Waals surface area contributed by atoms with Crippen LogP contribution in [0.5, 0.6) is 0 Å². The summed E-state index contributed by atoms with van der Waals surface area (Å²) >= 11 is 1.66. The molecule has 0 amide bonds. The van der Waals surface area contributed by atoms with E-state index < -0.39 is 10.0 Å². The third kappa shape index (κ3) is 3.33. The van der Waals surface area contributed by atoms with E-state index in [1.54, 1.807) is 17.8 Å². The van der Waals surface area contributed by atoms with E-state index in [1.807, 2.05) is 25.1 Å². The average molecular weight is 361 g/mol. The molecule has 0 saturated carbocycles. The number of sulfonamides is 1. The zero-order valence-electron chi connectivity index (χ0n) is 13.5. The molecule has 1 heterocycles. The highest BCUT2D eigenvalue weighted by atomic mass is 32.2. The molecule has 0 saturated heterocycles. The lowest BCUT2D eigenvalue weighted by Crippen LogP contribution is -2.11. The van der Waals surface area contributed by atoms with E-state index in [2.05, 4.69) is 28.6 Å². The van der Waals surface area contributed by atoms with Gasteiger partial charge in [-0.15, -0.1) is 0 Å². The van der Waals surface area contributed by atoms with E-state index in [1.165, 1.54) is 17.7 Å². The Kier molecular flexibility index (Phi) is 4.67. The SMILES string of the molecule is CCn1c(S[C@H](C)c2ccccc2)nc2cc(S(N)(=O)=O)ccc21. The fourth-order valence-corrected chi connectivity index (χ4v) is 4.26. The fourth-order valence-electron chi connectivity index (χ4n) is 2.61. The van der Waals surface area contributed by atoms with E-state index in [0.29, 0.717) is 5.52 Å². The van der Waals surface area contributed by atoms with Crippen molar-refractivity contribution in [1.29, 1.82) is 0 Å². The summed E-state index contributed by atoms with van der Waals surface area (Å²) in [6.45, 7) is 4.94. The summed E-state index contributed by atoms with van der Waals surface area (Å²) in [6.07, 6.45) is 0. The molecule has 24 heavy (non-hydrogen) atoms. The van der Waals surface area contributed by atoms with Gasteiger partial charge in [-0.1, -0.05) is 42.1 Å². The summed E-state index contributed by atoms with van der Waals surface area (Å²) < 4.78 is 25.2. The van der Waals surface area contributed by atoms with Crippen molar-refractivity contribution < 1.29 is 8.42 Å². The second-order valence-corrected chi connectivity index (χ2v) is 8.37. The van der Waals surface area contributed by atoms with Crippen molar-refractivity contribution in [3.8, 4) is 0 Å². The molecule has 2 aromatic carbocycles. The van der Waals surface area contributed by atoms with Crippen LogP contribution in [0, 0.1) is 0 Å². The Morgan fingerprint density at radius 1 is 1.21 bits per heavy atom. The van der Waals surface area contributed by atoms with Crippen LogP contribution in [0.4, 0.5) is 0 Å². The van der Waals surface area contributed by atoms with E-state index in [9.17, 15) is 8.42 Å². The van der Waals surface area contributed by atoms with Crippen LogP contribution in [0.15, 0.2) is 58.6 Å². The molecule has 0 unspecified atom stereocenters. The summed E-state index contributed by atoms with van der Waals surface area (Å²) in [5.41, 5.74) is 2.78. The smallest absolute Gasteiger partial charge is 0.238 e. The van der Waals surface area contributed by atoms with Crippen LogP contribution in [0.2, 0.25) is 0 Å². The number of nitrogens with two attached hydrogens (primary N) is 1. The number of nitrogens with zero attached hydrogens (tertiary/aromatic N) is 2. The number of hydrogen-bond acceptors (Lipinski definition) is 4. The predicted molar refractivity (Wildman–Crippen MR) is 97.5 cm³/mol. The molecular formula is C17H19N3O2S2. The van der Waals surface area contributed by atoms with E-state index in [0.717, 1.165) is 17.2 Å². The molecule has 0 aliphatic heterocycles. The number of primary sulfonamides is 1. The van der Waals surface area contributed by atoms with Crippen LogP contribution >= 0.6 is 11.8 Å². The van der Waals surface area contributed by atoms with Gasteiger partial charge in [-0.25, -0.2) is 18.5 Å². The second-order valence-electron chi connectivity index (χ2n) is 5.50. The molecule has 0 radical (unpaired) electrons. The minimum atomic E-state index is -3.73. The normalized spacial score (nSPS) is 13.3. The highest BCUT2D eigenvalue weighted by molar-refractivity contribution is 7.99. The minimum Gasteiger partial charge on any atom is -0.319 e. The Morgan fingerprint density at radius 3 is 2.54 bits per heavy atom. The zero-order chi connectivity index (χ0) is 17.3. The first-order valence-electron chi connectivity index (χ1n) is 7.65. The van der Waals surface area contributed by atoms with Gasteiger partial charge in [-0.2, -0.15) is 0 Å². The number of rotatable bonds is 5. The Balaban J connectivity index is 2.01. The van der Waals surface area contributed by atoms with Crippen molar-refractivity contribution in [2.75, 3.05) is 0 Å². The molecule has 3 rings (SSSR count). The number of thioether (sulfide) groups is 1. The first kappa shape index (κ1) is 17.0. The van der Waals surface area contributed by atoms with Crippen molar-refractivity contribution in [3.05, 3.63) is 54.1 Å². The third-order valence-corrected chi connectivity index (χ3v) is 5.94. The van der Waals surface area contributed by atoms with Crippen molar-refractivity contribution in [2.24, 2.45) is 5.14 Å². The Bertz CT molecular complexity index is 966. The molecular weight excluding hydrogens is 342 g/mol. The molecule has 7 heteroatoms. The Labute approximate surface area is 145 Å².